The van der Waals surface area contributed by atoms with Gasteiger partial charge in [-0.25, -0.2) is 0 Å². The Morgan fingerprint density at radius 2 is 1.86 bits per heavy atom. The van der Waals surface area contributed by atoms with E-state index in [1.54, 1.807) is 11.5 Å². The Morgan fingerprint density at radius 1 is 1.23 bits per heavy atom. The summed E-state index contributed by atoms with van der Waals surface area (Å²) in [4.78, 5) is 17.9. The highest BCUT2D eigenvalue weighted by Crippen LogP contribution is 2.24. The van der Waals surface area contributed by atoms with E-state index < -0.39 is 17.8 Å². The number of nitrogens with zero attached hydrogens (tertiary/aromatic N) is 3. The Morgan fingerprint density at radius 3 is 2.41 bits per heavy atom. The van der Waals surface area contributed by atoms with Crippen molar-refractivity contribution < 1.29 is 13.2 Å². The second-order valence-electron chi connectivity index (χ2n) is 5.94. The zero-order chi connectivity index (χ0) is 16.7. The van der Waals surface area contributed by atoms with E-state index in [4.69, 9.17) is 0 Å². The maximum atomic E-state index is 12.7. The molecule has 0 amide bonds. The van der Waals surface area contributed by atoms with Crippen molar-refractivity contribution in [2.24, 2.45) is 0 Å². The first-order valence-corrected chi connectivity index (χ1v) is 7.29. The van der Waals surface area contributed by atoms with Gasteiger partial charge in [0.25, 0.3) is 5.56 Å². The van der Waals surface area contributed by atoms with E-state index in [0.29, 0.717) is 31.2 Å². The molecule has 2 heterocycles. The Bertz CT molecular complexity index is 609. The molecule has 1 N–H and O–H groups in total. The molecule has 0 aromatic carbocycles. The fourth-order valence-electron chi connectivity index (χ4n) is 2.47. The summed E-state index contributed by atoms with van der Waals surface area (Å²) < 4.78 is 39.9. The monoisotopic (exact) mass is 318 g/mol. The Labute approximate surface area is 127 Å². The van der Waals surface area contributed by atoms with Crippen LogP contribution in [0.2, 0.25) is 0 Å². The van der Waals surface area contributed by atoms with Crippen LogP contribution in [0.15, 0.2) is 4.79 Å². The molecule has 1 aliphatic heterocycles. The molecule has 0 fully saturated rings. The number of rotatable bonds is 3. The van der Waals surface area contributed by atoms with Gasteiger partial charge < -0.3 is 9.88 Å². The summed E-state index contributed by atoms with van der Waals surface area (Å²) in [6.07, 6.45) is -4.39. The van der Waals surface area contributed by atoms with Crippen molar-refractivity contribution in [1.29, 1.82) is 0 Å². The predicted molar refractivity (Wildman–Crippen MR) is 77.9 cm³/mol. The summed E-state index contributed by atoms with van der Waals surface area (Å²) in [5.74, 6) is -0.00108. The van der Waals surface area contributed by atoms with E-state index in [9.17, 15) is 18.0 Å². The molecule has 0 spiro atoms. The molecule has 124 valence electrons. The van der Waals surface area contributed by atoms with Crippen LogP contribution < -0.4 is 10.9 Å². The number of hydrogen-bond acceptors (Lipinski definition) is 4. The van der Waals surface area contributed by atoms with Gasteiger partial charge in [0.15, 0.2) is 0 Å². The summed E-state index contributed by atoms with van der Waals surface area (Å²) in [5.41, 5.74) is 0.751. The molecule has 2 rings (SSSR count). The predicted octanol–water partition coefficient (Wildman–Crippen LogP) is 2.14. The number of fused-ring (bicyclic) bond motifs is 1. The fourth-order valence-corrected chi connectivity index (χ4v) is 2.47. The van der Waals surface area contributed by atoms with Gasteiger partial charge in [0.05, 0.1) is 0 Å². The number of alkyl halides is 3. The zero-order valence-corrected chi connectivity index (χ0v) is 13.2. The Hall–Kier alpha value is -1.57. The second kappa shape index (κ2) is 5.91. The molecule has 0 bridgehead atoms. The van der Waals surface area contributed by atoms with Gasteiger partial charge >= 0.3 is 6.18 Å². The Balaban J connectivity index is 2.40. The lowest BCUT2D eigenvalue weighted by Gasteiger charge is -2.35. The van der Waals surface area contributed by atoms with Crippen molar-refractivity contribution in [2.45, 2.75) is 59.0 Å². The summed E-state index contributed by atoms with van der Waals surface area (Å²) in [6, 6.07) is -1.45. The first-order valence-electron chi connectivity index (χ1n) is 7.29. The molecule has 0 radical (unpaired) electrons. The van der Waals surface area contributed by atoms with E-state index in [-0.39, 0.29) is 5.95 Å². The fraction of sp³-hybridized carbons (Fsp3) is 0.714. The van der Waals surface area contributed by atoms with E-state index in [2.05, 4.69) is 29.0 Å². The van der Waals surface area contributed by atoms with E-state index in [1.165, 1.54) is 0 Å². The standard InChI is InChI=1S/C14H21F3N4O/c1-8(2)20-5-6-21-11(7-20)9(3)12(22)19-13(21)18-10(4)14(15,16)17/h8,10H,5-7H2,1-4H3,(H,18,19,22). The zero-order valence-electron chi connectivity index (χ0n) is 13.2. The number of aromatic nitrogens is 2. The lowest BCUT2D eigenvalue weighted by atomic mass is 10.1. The molecule has 1 aromatic rings. The minimum absolute atomic E-state index is 0.00108. The van der Waals surface area contributed by atoms with Crippen LogP contribution in [-0.4, -0.2) is 39.3 Å². The minimum Gasteiger partial charge on any atom is -0.344 e. The van der Waals surface area contributed by atoms with E-state index in [0.717, 1.165) is 12.6 Å². The van der Waals surface area contributed by atoms with Crippen LogP contribution in [0.1, 0.15) is 32.0 Å². The number of nitrogens with one attached hydrogen (secondary N) is 1. The molecule has 1 aromatic heterocycles. The highest BCUT2D eigenvalue weighted by Gasteiger charge is 2.37. The SMILES string of the molecule is Cc1c2n(c(NC(C)C(F)(F)F)nc1=O)CCN(C(C)C)C2. The van der Waals surface area contributed by atoms with Gasteiger partial charge in [-0.1, -0.05) is 0 Å². The summed E-state index contributed by atoms with van der Waals surface area (Å²) >= 11 is 0. The molecule has 1 aliphatic rings. The normalized spacial score (nSPS) is 17.5. The third-order valence-corrected chi connectivity index (χ3v) is 4.07. The van der Waals surface area contributed by atoms with Gasteiger partial charge in [0.2, 0.25) is 5.95 Å². The quantitative estimate of drug-likeness (QED) is 0.928. The van der Waals surface area contributed by atoms with E-state index >= 15 is 0 Å². The largest absolute Gasteiger partial charge is 0.408 e. The molecular weight excluding hydrogens is 297 g/mol. The molecule has 1 unspecified atom stereocenters. The molecular formula is C14H21F3N4O. The number of hydrogen-bond donors (Lipinski definition) is 1. The second-order valence-corrected chi connectivity index (χ2v) is 5.94. The van der Waals surface area contributed by atoms with Crippen LogP contribution in [0, 0.1) is 6.92 Å². The number of halogens is 3. The smallest absolute Gasteiger partial charge is 0.344 e. The summed E-state index contributed by atoms with van der Waals surface area (Å²) in [6.45, 7) is 8.54. The topological polar surface area (TPSA) is 50.2 Å². The van der Waals surface area contributed by atoms with Gasteiger partial charge in [-0.05, 0) is 27.7 Å². The van der Waals surface area contributed by atoms with Crippen LogP contribution in [0.4, 0.5) is 19.1 Å². The van der Waals surface area contributed by atoms with E-state index in [1.807, 2.05) is 0 Å². The van der Waals surface area contributed by atoms with Crippen LogP contribution in [0.25, 0.3) is 0 Å². The first-order chi connectivity index (χ1) is 10.1. The van der Waals surface area contributed by atoms with Crippen molar-refractivity contribution in [3.63, 3.8) is 0 Å². The summed E-state index contributed by atoms with van der Waals surface area (Å²) in [7, 11) is 0. The van der Waals surface area contributed by atoms with Crippen LogP contribution >= 0.6 is 0 Å². The van der Waals surface area contributed by atoms with Crippen LogP contribution in [0.5, 0.6) is 0 Å². The van der Waals surface area contributed by atoms with Crippen molar-refractivity contribution in [3.8, 4) is 0 Å². The van der Waals surface area contributed by atoms with Crippen molar-refractivity contribution in [1.82, 2.24) is 14.5 Å². The average Bonchev–Trinajstić information content (AvgIpc) is 2.42. The van der Waals surface area contributed by atoms with Gasteiger partial charge in [0.1, 0.15) is 6.04 Å². The third kappa shape index (κ3) is 3.26. The molecule has 0 saturated carbocycles. The maximum Gasteiger partial charge on any atom is 0.408 e. The molecule has 8 heteroatoms. The lowest BCUT2D eigenvalue weighted by Crippen LogP contribution is -2.43. The highest BCUT2D eigenvalue weighted by molar-refractivity contribution is 5.34. The molecule has 0 saturated heterocycles. The van der Waals surface area contributed by atoms with Crippen LogP contribution in [-0.2, 0) is 13.1 Å². The Kier molecular flexibility index (Phi) is 4.51. The number of anilines is 1. The van der Waals surface area contributed by atoms with Gasteiger partial charge in [-0.3, -0.25) is 9.69 Å². The first kappa shape index (κ1) is 16.8. The van der Waals surface area contributed by atoms with Crippen molar-refractivity contribution in [3.05, 3.63) is 21.6 Å². The van der Waals surface area contributed by atoms with Crippen molar-refractivity contribution in [2.75, 3.05) is 11.9 Å². The van der Waals surface area contributed by atoms with Crippen molar-refractivity contribution >= 4 is 5.95 Å². The molecule has 0 aliphatic carbocycles. The van der Waals surface area contributed by atoms with Crippen LogP contribution in [0.3, 0.4) is 0 Å². The molecule has 5 nitrogen and oxygen atoms in total. The van der Waals surface area contributed by atoms with Gasteiger partial charge in [0, 0.05) is 36.9 Å². The van der Waals surface area contributed by atoms with Gasteiger partial charge in [-0.15, -0.1) is 0 Å². The molecule has 22 heavy (non-hydrogen) atoms. The van der Waals surface area contributed by atoms with Gasteiger partial charge in [-0.2, -0.15) is 18.2 Å². The minimum atomic E-state index is -4.39. The molecule has 1 atom stereocenters. The summed E-state index contributed by atoms with van der Waals surface area (Å²) in [5, 5.41) is 2.33. The lowest BCUT2D eigenvalue weighted by molar-refractivity contribution is -0.138. The average molecular weight is 318 g/mol. The third-order valence-electron chi connectivity index (χ3n) is 4.07. The maximum absolute atomic E-state index is 12.7. The highest BCUT2D eigenvalue weighted by atomic mass is 19.4.